The Kier molecular flexibility index (Phi) is 7.40. The van der Waals surface area contributed by atoms with E-state index in [1.54, 1.807) is 0 Å². The molecule has 7 atom stereocenters. The van der Waals surface area contributed by atoms with E-state index in [9.17, 15) is 15.3 Å². The number of aliphatic hydroxyl groups is 3. The van der Waals surface area contributed by atoms with Crippen LogP contribution < -0.4 is 0 Å². The average Bonchev–Trinajstić information content (AvgIpc) is 3.04. The maximum Gasteiger partial charge on any atom is 0.0811 e. The number of fused-ring (bicyclic) bond motifs is 1. The third-order valence-electron chi connectivity index (χ3n) is 8.75. The van der Waals surface area contributed by atoms with Crippen LogP contribution in [0, 0.1) is 29.1 Å². The Morgan fingerprint density at radius 3 is 2.52 bits per heavy atom. The van der Waals surface area contributed by atoms with Crippen LogP contribution >= 0.6 is 0 Å². The van der Waals surface area contributed by atoms with Gasteiger partial charge in [0, 0.05) is 12.3 Å². The van der Waals surface area contributed by atoms with Crippen LogP contribution in [0.1, 0.15) is 79.6 Å². The molecule has 3 aliphatic rings. The summed E-state index contributed by atoms with van der Waals surface area (Å²) >= 11 is 0. The van der Waals surface area contributed by atoms with Gasteiger partial charge in [0.25, 0.3) is 0 Å². The summed E-state index contributed by atoms with van der Waals surface area (Å²) in [4.78, 5) is 0. The molecule has 3 fully saturated rings. The van der Waals surface area contributed by atoms with E-state index >= 15 is 0 Å². The fraction of sp³-hybridized carbons (Fsp3) is 0.714. The minimum atomic E-state index is -0.684. The number of rotatable bonds is 5. The molecular weight excluding hydrogens is 384 g/mol. The maximum absolute atomic E-state index is 10.3. The SMILES string of the molecule is C=C1/C(=C/C=C2\CCC[C@]3(C)[C@@H]([C@H](C)C=C[C@H](C)C(C)(C)O)CC[C@@H]23)C[C@@H](O)C[C@@H]1O. The monoisotopic (exact) mass is 428 g/mol. The molecule has 0 amide bonds. The Balaban J connectivity index is 1.76. The van der Waals surface area contributed by atoms with Crippen molar-refractivity contribution in [3.63, 3.8) is 0 Å². The third-order valence-corrected chi connectivity index (χ3v) is 8.75. The van der Waals surface area contributed by atoms with Crippen LogP contribution in [0.15, 0.2) is 47.6 Å². The van der Waals surface area contributed by atoms with Crippen molar-refractivity contribution in [3.05, 3.63) is 47.6 Å². The van der Waals surface area contributed by atoms with Gasteiger partial charge in [-0.05, 0) is 86.7 Å². The molecule has 3 N–H and O–H groups in total. The average molecular weight is 429 g/mol. The summed E-state index contributed by atoms with van der Waals surface area (Å²) in [5, 5.41) is 30.4. The van der Waals surface area contributed by atoms with E-state index in [0.29, 0.717) is 36.0 Å². The normalized spacial score (nSPS) is 39.3. The molecule has 0 aromatic carbocycles. The van der Waals surface area contributed by atoms with E-state index in [1.165, 1.54) is 31.3 Å². The van der Waals surface area contributed by atoms with Crippen LogP contribution in [-0.4, -0.2) is 33.1 Å². The van der Waals surface area contributed by atoms with Gasteiger partial charge in [-0.2, -0.15) is 0 Å². The molecule has 3 aliphatic carbocycles. The first-order valence-electron chi connectivity index (χ1n) is 12.3. The van der Waals surface area contributed by atoms with Crippen molar-refractivity contribution < 1.29 is 15.3 Å². The van der Waals surface area contributed by atoms with E-state index in [2.05, 4.69) is 51.7 Å². The fourth-order valence-electron chi connectivity index (χ4n) is 6.32. The summed E-state index contributed by atoms with van der Waals surface area (Å²) in [6.07, 6.45) is 15.0. The summed E-state index contributed by atoms with van der Waals surface area (Å²) in [6.45, 7) is 14.7. The lowest BCUT2D eigenvalue weighted by atomic mass is 9.61. The van der Waals surface area contributed by atoms with Crippen LogP contribution in [0.3, 0.4) is 0 Å². The fourth-order valence-corrected chi connectivity index (χ4v) is 6.32. The Hall–Kier alpha value is -1.16. The maximum atomic E-state index is 10.3. The zero-order valence-corrected chi connectivity index (χ0v) is 20.3. The zero-order valence-electron chi connectivity index (χ0n) is 20.3. The largest absolute Gasteiger partial charge is 0.393 e. The highest BCUT2D eigenvalue weighted by Gasteiger charge is 2.50. The second-order valence-electron chi connectivity index (χ2n) is 11.4. The van der Waals surface area contributed by atoms with Crippen LogP contribution in [0.4, 0.5) is 0 Å². The van der Waals surface area contributed by atoms with E-state index in [1.807, 2.05) is 13.8 Å². The summed E-state index contributed by atoms with van der Waals surface area (Å²) < 4.78 is 0. The first kappa shape index (κ1) is 24.5. The van der Waals surface area contributed by atoms with Crippen molar-refractivity contribution in [2.45, 2.75) is 97.4 Å². The van der Waals surface area contributed by atoms with Crippen LogP contribution in [0.2, 0.25) is 0 Å². The lowest BCUT2D eigenvalue weighted by molar-refractivity contribution is 0.0436. The van der Waals surface area contributed by atoms with Gasteiger partial charge in [0.2, 0.25) is 0 Å². The summed E-state index contributed by atoms with van der Waals surface area (Å²) in [7, 11) is 0. The molecule has 31 heavy (non-hydrogen) atoms. The minimum absolute atomic E-state index is 0.141. The molecule has 0 unspecified atom stereocenters. The van der Waals surface area contributed by atoms with Crippen molar-refractivity contribution >= 4 is 0 Å². The molecule has 3 saturated carbocycles. The number of hydrogen-bond acceptors (Lipinski definition) is 3. The Labute approximate surface area is 189 Å². The van der Waals surface area contributed by atoms with Gasteiger partial charge in [-0.15, -0.1) is 0 Å². The summed E-state index contributed by atoms with van der Waals surface area (Å²) in [6, 6.07) is 0. The van der Waals surface area contributed by atoms with Gasteiger partial charge in [-0.1, -0.05) is 57.2 Å². The molecule has 0 aliphatic heterocycles. The van der Waals surface area contributed by atoms with Crippen LogP contribution in [-0.2, 0) is 0 Å². The van der Waals surface area contributed by atoms with Crippen molar-refractivity contribution in [2.75, 3.05) is 0 Å². The molecule has 3 rings (SSSR count). The second kappa shape index (κ2) is 9.37. The van der Waals surface area contributed by atoms with Gasteiger partial charge in [0.05, 0.1) is 17.8 Å². The van der Waals surface area contributed by atoms with E-state index in [0.717, 1.165) is 17.6 Å². The highest BCUT2D eigenvalue weighted by molar-refractivity contribution is 5.38. The Bertz CT molecular complexity index is 753. The smallest absolute Gasteiger partial charge is 0.0811 e. The van der Waals surface area contributed by atoms with Crippen LogP contribution in [0.5, 0.6) is 0 Å². The van der Waals surface area contributed by atoms with Gasteiger partial charge in [0.1, 0.15) is 0 Å². The molecule has 0 spiro atoms. The zero-order chi connectivity index (χ0) is 23.0. The Morgan fingerprint density at radius 1 is 1.13 bits per heavy atom. The lowest BCUT2D eigenvalue weighted by Crippen LogP contribution is -2.35. The predicted octanol–water partition coefficient (Wildman–Crippen LogP) is 5.73. The molecule has 0 aromatic rings. The van der Waals surface area contributed by atoms with Crippen LogP contribution in [0.25, 0.3) is 0 Å². The number of aliphatic hydroxyl groups excluding tert-OH is 2. The predicted molar refractivity (Wildman–Crippen MR) is 128 cm³/mol. The molecule has 0 radical (unpaired) electrons. The molecular formula is C28H44O3. The molecule has 3 nitrogen and oxygen atoms in total. The van der Waals surface area contributed by atoms with Crippen molar-refractivity contribution in [2.24, 2.45) is 29.1 Å². The third kappa shape index (κ3) is 5.26. The van der Waals surface area contributed by atoms with E-state index in [4.69, 9.17) is 0 Å². The standard InChI is InChI=1S/C28H44O3/c1-18(9-10-19(2)27(4,5)31)24-13-14-25-21(8-7-15-28(24,25)6)11-12-22-16-23(29)17-26(30)20(22)3/h9-12,18-19,23-26,29-31H,3,7-8,13-17H2,1-2,4-6H3/b10-9?,21-11+,22-12+/t18-,19+,23-,24-,25+,26+,28-/m1/s1. The van der Waals surface area contributed by atoms with Crippen molar-refractivity contribution in [3.8, 4) is 0 Å². The van der Waals surface area contributed by atoms with Gasteiger partial charge in [-0.25, -0.2) is 0 Å². The second-order valence-corrected chi connectivity index (χ2v) is 11.4. The molecule has 0 aromatic heterocycles. The summed E-state index contributed by atoms with van der Waals surface area (Å²) in [5.41, 5.74) is 2.93. The quantitative estimate of drug-likeness (QED) is 0.490. The first-order valence-corrected chi connectivity index (χ1v) is 12.3. The molecule has 174 valence electrons. The number of hydrogen-bond donors (Lipinski definition) is 3. The topological polar surface area (TPSA) is 60.7 Å². The Morgan fingerprint density at radius 2 is 1.84 bits per heavy atom. The van der Waals surface area contributed by atoms with Crippen molar-refractivity contribution in [1.82, 2.24) is 0 Å². The minimum Gasteiger partial charge on any atom is -0.393 e. The summed E-state index contributed by atoms with van der Waals surface area (Å²) in [5.74, 6) is 1.91. The number of allylic oxidation sites excluding steroid dienone is 4. The molecule has 3 heteroatoms. The molecule has 0 heterocycles. The van der Waals surface area contributed by atoms with Gasteiger partial charge in [0.15, 0.2) is 0 Å². The highest BCUT2D eigenvalue weighted by Crippen LogP contribution is 2.59. The molecule has 0 saturated heterocycles. The van der Waals surface area contributed by atoms with Gasteiger partial charge in [-0.3, -0.25) is 0 Å². The molecule has 0 bridgehead atoms. The van der Waals surface area contributed by atoms with E-state index in [-0.39, 0.29) is 5.92 Å². The van der Waals surface area contributed by atoms with Gasteiger partial charge < -0.3 is 15.3 Å². The van der Waals surface area contributed by atoms with Crippen molar-refractivity contribution in [1.29, 1.82) is 0 Å². The highest BCUT2D eigenvalue weighted by atomic mass is 16.3. The first-order chi connectivity index (χ1) is 14.4. The lowest BCUT2D eigenvalue weighted by Gasteiger charge is -2.44. The van der Waals surface area contributed by atoms with Gasteiger partial charge >= 0.3 is 0 Å². The van der Waals surface area contributed by atoms with E-state index < -0.39 is 17.8 Å².